The van der Waals surface area contributed by atoms with Crippen LogP contribution in [-0.4, -0.2) is 12.6 Å². The number of hydrogen-bond donors (Lipinski definition) is 1. The molecule has 0 saturated heterocycles. The van der Waals surface area contributed by atoms with Crippen LogP contribution < -0.4 is 10.1 Å². The largest absolute Gasteiger partial charge is 0.493 e. The van der Waals surface area contributed by atoms with E-state index in [4.69, 9.17) is 4.74 Å². The highest BCUT2D eigenvalue weighted by atomic mass is 16.5. The first-order chi connectivity index (χ1) is 9.74. The second-order valence-electron chi connectivity index (χ2n) is 6.54. The minimum absolute atomic E-state index is 0.429. The van der Waals surface area contributed by atoms with Crippen LogP contribution in [0.15, 0.2) is 18.2 Å². The Kier molecular flexibility index (Phi) is 4.30. The summed E-state index contributed by atoms with van der Waals surface area (Å²) < 4.78 is 5.59. The summed E-state index contributed by atoms with van der Waals surface area (Å²) in [5.41, 5.74) is 2.78. The SMILES string of the molecule is CC(N[C@@H](C)C1CCCCC1)c1ccc2c(c1)CCO2. The Balaban J connectivity index is 1.62. The summed E-state index contributed by atoms with van der Waals surface area (Å²) in [4.78, 5) is 0. The van der Waals surface area contributed by atoms with E-state index in [1.165, 1.54) is 43.2 Å². The van der Waals surface area contributed by atoms with Crippen LogP contribution in [0.4, 0.5) is 0 Å². The Morgan fingerprint density at radius 3 is 2.75 bits per heavy atom. The van der Waals surface area contributed by atoms with E-state index in [9.17, 15) is 0 Å². The average molecular weight is 273 g/mol. The van der Waals surface area contributed by atoms with Gasteiger partial charge in [0, 0.05) is 18.5 Å². The Bertz CT molecular complexity index is 451. The number of ether oxygens (including phenoxy) is 1. The van der Waals surface area contributed by atoms with Crippen molar-refractivity contribution in [3.05, 3.63) is 29.3 Å². The quantitative estimate of drug-likeness (QED) is 0.886. The van der Waals surface area contributed by atoms with Crippen molar-refractivity contribution in [2.75, 3.05) is 6.61 Å². The molecular weight excluding hydrogens is 246 g/mol. The summed E-state index contributed by atoms with van der Waals surface area (Å²) in [6.07, 6.45) is 8.14. The predicted octanol–water partition coefficient (Wildman–Crippen LogP) is 4.24. The fraction of sp³-hybridized carbons (Fsp3) is 0.667. The zero-order valence-corrected chi connectivity index (χ0v) is 12.8. The monoisotopic (exact) mass is 273 g/mol. The van der Waals surface area contributed by atoms with Gasteiger partial charge in [-0.15, -0.1) is 0 Å². The highest BCUT2D eigenvalue weighted by Gasteiger charge is 2.22. The van der Waals surface area contributed by atoms with Crippen molar-refractivity contribution in [1.29, 1.82) is 0 Å². The van der Waals surface area contributed by atoms with Gasteiger partial charge in [0.2, 0.25) is 0 Å². The molecule has 1 heterocycles. The first-order valence-corrected chi connectivity index (χ1v) is 8.25. The normalized spacial score (nSPS) is 22.1. The van der Waals surface area contributed by atoms with E-state index < -0.39 is 0 Å². The van der Waals surface area contributed by atoms with E-state index in [1.54, 1.807) is 0 Å². The van der Waals surface area contributed by atoms with Crippen molar-refractivity contribution in [2.24, 2.45) is 5.92 Å². The molecule has 2 atom stereocenters. The molecular formula is C18H27NO. The first-order valence-electron chi connectivity index (χ1n) is 8.25. The van der Waals surface area contributed by atoms with Gasteiger partial charge in [0.1, 0.15) is 5.75 Å². The Morgan fingerprint density at radius 1 is 1.15 bits per heavy atom. The van der Waals surface area contributed by atoms with Crippen molar-refractivity contribution < 1.29 is 4.74 Å². The summed E-state index contributed by atoms with van der Waals surface area (Å²) in [5, 5.41) is 3.82. The van der Waals surface area contributed by atoms with E-state index >= 15 is 0 Å². The number of hydrogen-bond acceptors (Lipinski definition) is 2. The van der Waals surface area contributed by atoms with Gasteiger partial charge >= 0.3 is 0 Å². The molecule has 1 aromatic carbocycles. The van der Waals surface area contributed by atoms with Crippen molar-refractivity contribution in [2.45, 2.75) is 64.5 Å². The Hall–Kier alpha value is -1.02. The Morgan fingerprint density at radius 2 is 1.95 bits per heavy atom. The summed E-state index contributed by atoms with van der Waals surface area (Å²) in [7, 11) is 0. The van der Waals surface area contributed by atoms with Gasteiger partial charge in [-0.2, -0.15) is 0 Å². The molecule has 2 aliphatic rings. The molecule has 1 saturated carbocycles. The molecule has 1 N–H and O–H groups in total. The van der Waals surface area contributed by atoms with E-state index in [0.29, 0.717) is 12.1 Å². The van der Waals surface area contributed by atoms with Crippen LogP contribution in [0.1, 0.15) is 63.1 Å². The number of benzene rings is 1. The number of rotatable bonds is 4. The smallest absolute Gasteiger partial charge is 0.122 e. The minimum Gasteiger partial charge on any atom is -0.493 e. The highest BCUT2D eigenvalue weighted by molar-refractivity contribution is 5.40. The van der Waals surface area contributed by atoms with Crippen LogP contribution in [0.3, 0.4) is 0 Å². The summed E-state index contributed by atoms with van der Waals surface area (Å²) in [6, 6.07) is 7.73. The molecule has 110 valence electrons. The minimum atomic E-state index is 0.429. The van der Waals surface area contributed by atoms with E-state index in [-0.39, 0.29) is 0 Å². The van der Waals surface area contributed by atoms with Gasteiger partial charge in [0.15, 0.2) is 0 Å². The standard InChI is InChI=1S/C18H27NO/c1-13(15-6-4-3-5-7-15)19-14(2)16-8-9-18-17(12-16)10-11-20-18/h8-9,12-15,19H,3-7,10-11H2,1-2H3/t13-,14?/m0/s1. The Labute approximate surface area is 122 Å². The van der Waals surface area contributed by atoms with Gasteiger partial charge in [-0.25, -0.2) is 0 Å². The van der Waals surface area contributed by atoms with Gasteiger partial charge in [0.25, 0.3) is 0 Å². The number of nitrogens with one attached hydrogen (secondary N) is 1. The average Bonchev–Trinajstić information content (AvgIpc) is 2.95. The molecule has 3 rings (SSSR count). The lowest BCUT2D eigenvalue weighted by molar-refractivity contribution is 0.268. The zero-order chi connectivity index (χ0) is 13.9. The van der Waals surface area contributed by atoms with Crippen LogP contribution >= 0.6 is 0 Å². The molecule has 0 radical (unpaired) electrons. The molecule has 2 heteroatoms. The molecule has 1 aliphatic heterocycles. The van der Waals surface area contributed by atoms with E-state index in [2.05, 4.69) is 37.4 Å². The van der Waals surface area contributed by atoms with Gasteiger partial charge < -0.3 is 10.1 Å². The van der Waals surface area contributed by atoms with Gasteiger partial charge in [0.05, 0.1) is 6.61 Å². The third-order valence-electron chi connectivity index (χ3n) is 5.08. The summed E-state index contributed by atoms with van der Waals surface area (Å²) in [6.45, 7) is 5.50. The van der Waals surface area contributed by atoms with E-state index in [0.717, 1.165) is 24.7 Å². The van der Waals surface area contributed by atoms with Crippen LogP contribution in [0.25, 0.3) is 0 Å². The maximum Gasteiger partial charge on any atom is 0.122 e. The zero-order valence-electron chi connectivity index (χ0n) is 12.8. The van der Waals surface area contributed by atoms with Crippen LogP contribution in [0, 0.1) is 5.92 Å². The fourth-order valence-corrected chi connectivity index (χ4v) is 3.74. The first kappa shape index (κ1) is 13.9. The molecule has 1 fully saturated rings. The summed E-state index contributed by atoms with van der Waals surface area (Å²) in [5.74, 6) is 1.95. The molecule has 0 aromatic heterocycles. The molecule has 0 bridgehead atoms. The molecule has 0 spiro atoms. The van der Waals surface area contributed by atoms with Gasteiger partial charge in [-0.1, -0.05) is 31.4 Å². The van der Waals surface area contributed by atoms with Gasteiger partial charge in [-0.05, 0) is 49.8 Å². The van der Waals surface area contributed by atoms with Crippen molar-refractivity contribution in [1.82, 2.24) is 5.32 Å². The highest BCUT2D eigenvalue weighted by Crippen LogP contribution is 2.30. The van der Waals surface area contributed by atoms with Gasteiger partial charge in [-0.3, -0.25) is 0 Å². The maximum absolute atomic E-state index is 5.59. The molecule has 0 amide bonds. The second kappa shape index (κ2) is 6.17. The van der Waals surface area contributed by atoms with Crippen molar-refractivity contribution >= 4 is 0 Å². The fourth-order valence-electron chi connectivity index (χ4n) is 3.74. The van der Waals surface area contributed by atoms with Crippen molar-refractivity contribution in [3.63, 3.8) is 0 Å². The molecule has 1 unspecified atom stereocenters. The lowest BCUT2D eigenvalue weighted by Crippen LogP contribution is -2.36. The lowest BCUT2D eigenvalue weighted by atomic mass is 9.84. The van der Waals surface area contributed by atoms with Crippen LogP contribution in [0.2, 0.25) is 0 Å². The number of fused-ring (bicyclic) bond motifs is 1. The molecule has 2 nitrogen and oxygen atoms in total. The van der Waals surface area contributed by atoms with E-state index in [1.807, 2.05) is 0 Å². The molecule has 1 aromatic rings. The predicted molar refractivity (Wildman–Crippen MR) is 83.2 cm³/mol. The third-order valence-corrected chi connectivity index (χ3v) is 5.08. The lowest BCUT2D eigenvalue weighted by Gasteiger charge is -2.31. The molecule has 1 aliphatic carbocycles. The van der Waals surface area contributed by atoms with Crippen LogP contribution in [0.5, 0.6) is 5.75 Å². The summed E-state index contributed by atoms with van der Waals surface area (Å²) >= 11 is 0. The maximum atomic E-state index is 5.59. The second-order valence-corrected chi connectivity index (χ2v) is 6.54. The van der Waals surface area contributed by atoms with Crippen molar-refractivity contribution in [3.8, 4) is 5.75 Å². The topological polar surface area (TPSA) is 21.3 Å². The van der Waals surface area contributed by atoms with Crippen LogP contribution in [-0.2, 0) is 6.42 Å². The molecule has 20 heavy (non-hydrogen) atoms. The third kappa shape index (κ3) is 3.01.